The van der Waals surface area contributed by atoms with Gasteiger partial charge in [-0.2, -0.15) is 0 Å². The molecule has 0 spiro atoms. The summed E-state index contributed by atoms with van der Waals surface area (Å²) < 4.78 is 25.3. The summed E-state index contributed by atoms with van der Waals surface area (Å²) in [5, 5.41) is 0. The van der Waals surface area contributed by atoms with Crippen LogP contribution in [0.4, 0.5) is 4.39 Å². The zero-order chi connectivity index (χ0) is 25.8. The smallest absolute Gasteiger partial charge is 0.341 e. The van der Waals surface area contributed by atoms with Crippen molar-refractivity contribution in [2.24, 2.45) is 0 Å². The van der Waals surface area contributed by atoms with Crippen LogP contribution in [-0.2, 0) is 27.1 Å². The number of hydrogen-bond donors (Lipinski definition) is 0. The fraction of sp³-hybridized carbons (Fsp3) is 0.357. The first-order valence-corrected chi connectivity index (χ1v) is 11.6. The minimum Gasteiger partial charge on any atom is -0.462 e. The number of hydrogen-bond acceptors (Lipinski definition) is 6. The molecule has 0 aliphatic carbocycles. The predicted octanol–water partition coefficient (Wildman–Crippen LogP) is 5.55. The lowest BCUT2D eigenvalue weighted by atomic mass is 10.0. The van der Waals surface area contributed by atoms with Crippen LogP contribution >= 0.6 is 0 Å². The van der Waals surface area contributed by atoms with Crippen molar-refractivity contribution in [3.05, 3.63) is 81.9 Å². The Labute approximate surface area is 205 Å². The van der Waals surface area contributed by atoms with Crippen LogP contribution in [-0.4, -0.2) is 34.1 Å². The highest BCUT2D eigenvalue weighted by Gasteiger charge is 2.22. The molecule has 7 heteroatoms. The van der Waals surface area contributed by atoms with Crippen molar-refractivity contribution >= 4 is 11.9 Å². The monoisotopic (exact) mass is 478 g/mol. The average Bonchev–Trinajstić information content (AvgIpc) is 2.73. The Bertz CT molecular complexity index is 1210. The Morgan fingerprint density at radius 2 is 1.63 bits per heavy atom. The summed E-state index contributed by atoms with van der Waals surface area (Å²) in [6.07, 6.45) is 0.472. The molecular weight excluding hydrogens is 447 g/mol. The van der Waals surface area contributed by atoms with E-state index in [0.717, 1.165) is 11.1 Å². The second-order valence-corrected chi connectivity index (χ2v) is 9.36. The molecule has 0 amide bonds. The molecule has 2 aromatic carbocycles. The van der Waals surface area contributed by atoms with Gasteiger partial charge < -0.3 is 9.47 Å². The van der Waals surface area contributed by atoms with Gasteiger partial charge in [0.2, 0.25) is 0 Å². The SMILES string of the molecule is CCOC(=O)c1c(C)nc(-c2c(C)cccc2F)nc1Cc1ccc(CC(=O)OC(C)(C)C)cc1. The van der Waals surface area contributed by atoms with Crippen LogP contribution in [0.15, 0.2) is 42.5 Å². The molecule has 1 aromatic heterocycles. The summed E-state index contributed by atoms with van der Waals surface area (Å²) in [4.78, 5) is 33.9. The molecule has 0 aliphatic heterocycles. The van der Waals surface area contributed by atoms with E-state index in [2.05, 4.69) is 9.97 Å². The number of benzene rings is 2. The van der Waals surface area contributed by atoms with Gasteiger partial charge in [-0.15, -0.1) is 0 Å². The maximum absolute atomic E-state index is 14.6. The standard InChI is InChI=1S/C28H31FN2O4/c1-7-34-27(33)25-18(3)30-26(24-17(2)9-8-10-21(24)29)31-22(25)15-19-11-13-20(14-12-19)16-23(32)35-28(4,5)6/h8-14H,7,15-16H2,1-6H3. The molecular formula is C28H31FN2O4. The van der Waals surface area contributed by atoms with E-state index in [0.29, 0.717) is 28.9 Å². The van der Waals surface area contributed by atoms with Crippen LogP contribution in [0, 0.1) is 19.7 Å². The van der Waals surface area contributed by atoms with Gasteiger partial charge >= 0.3 is 11.9 Å². The van der Waals surface area contributed by atoms with E-state index in [1.165, 1.54) is 6.07 Å². The Hall–Kier alpha value is -3.61. The number of nitrogens with zero attached hydrogens (tertiary/aromatic N) is 2. The van der Waals surface area contributed by atoms with E-state index in [4.69, 9.17) is 9.47 Å². The number of rotatable bonds is 7. The van der Waals surface area contributed by atoms with Crippen molar-refractivity contribution in [3.8, 4) is 11.4 Å². The summed E-state index contributed by atoms with van der Waals surface area (Å²) in [7, 11) is 0. The van der Waals surface area contributed by atoms with E-state index in [1.54, 1.807) is 32.9 Å². The van der Waals surface area contributed by atoms with Crippen LogP contribution in [0.25, 0.3) is 11.4 Å². The first kappa shape index (κ1) is 26.0. The van der Waals surface area contributed by atoms with E-state index < -0.39 is 17.4 Å². The number of aromatic nitrogens is 2. The van der Waals surface area contributed by atoms with Gasteiger partial charge in [0.25, 0.3) is 0 Å². The van der Waals surface area contributed by atoms with Gasteiger partial charge in [0.1, 0.15) is 17.0 Å². The highest BCUT2D eigenvalue weighted by atomic mass is 19.1. The van der Waals surface area contributed by atoms with Gasteiger partial charge in [0.15, 0.2) is 5.82 Å². The number of carbonyl (C=O) groups excluding carboxylic acids is 2. The molecule has 1 heterocycles. The molecule has 0 fully saturated rings. The van der Waals surface area contributed by atoms with Crippen molar-refractivity contribution in [1.29, 1.82) is 0 Å². The maximum atomic E-state index is 14.6. The molecule has 0 atom stereocenters. The molecule has 3 rings (SSSR count). The van der Waals surface area contributed by atoms with Gasteiger partial charge in [-0.25, -0.2) is 19.2 Å². The Morgan fingerprint density at radius 1 is 0.971 bits per heavy atom. The third-order valence-corrected chi connectivity index (χ3v) is 5.25. The van der Waals surface area contributed by atoms with Crippen molar-refractivity contribution < 1.29 is 23.5 Å². The van der Waals surface area contributed by atoms with Crippen LogP contribution in [0.2, 0.25) is 0 Å². The Kier molecular flexibility index (Phi) is 7.99. The lowest BCUT2D eigenvalue weighted by Gasteiger charge is -2.19. The van der Waals surface area contributed by atoms with Crippen molar-refractivity contribution in [1.82, 2.24) is 9.97 Å². The van der Waals surface area contributed by atoms with Crippen LogP contribution in [0.3, 0.4) is 0 Å². The summed E-state index contributed by atoms with van der Waals surface area (Å²) in [5.74, 6) is -1.02. The topological polar surface area (TPSA) is 78.4 Å². The average molecular weight is 479 g/mol. The summed E-state index contributed by atoms with van der Waals surface area (Å²) >= 11 is 0. The molecule has 35 heavy (non-hydrogen) atoms. The molecule has 0 unspecified atom stereocenters. The van der Waals surface area contributed by atoms with Gasteiger partial charge in [0, 0.05) is 6.42 Å². The maximum Gasteiger partial charge on any atom is 0.341 e. The largest absolute Gasteiger partial charge is 0.462 e. The first-order valence-electron chi connectivity index (χ1n) is 11.6. The van der Waals surface area contributed by atoms with Crippen LogP contribution < -0.4 is 0 Å². The lowest BCUT2D eigenvalue weighted by molar-refractivity contribution is -0.153. The fourth-order valence-electron chi connectivity index (χ4n) is 3.77. The van der Waals surface area contributed by atoms with Gasteiger partial charge in [0.05, 0.1) is 30.0 Å². The molecule has 6 nitrogen and oxygen atoms in total. The van der Waals surface area contributed by atoms with Crippen molar-refractivity contribution in [3.63, 3.8) is 0 Å². The quantitative estimate of drug-likeness (QED) is 0.414. The molecule has 0 aliphatic rings. The van der Waals surface area contributed by atoms with Gasteiger partial charge in [-0.1, -0.05) is 36.4 Å². The molecule has 0 bridgehead atoms. The van der Waals surface area contributed by atoms with Crippen LogP contribution in [0.1, 0.15) is 66.1 Å². The zero-order valence-corrected chi connectivity index (χ0v) is 21.1. The van der Waals surface area contributed by atoms with E-state index >= 15 is 0 Å². The predicted molar refractivity (Wildman–Crippen MR) is 132 cm³/mol. The zero-order valence-electron chi connectivity index (χ0n) is 21.1. The highest BCUT2D eigenvalue weighted by molar-refractivity contribution is 5.92. The number of esters is 2. The van der Waals surface area contributed by atoms with Gasteiger partial charge in [-0.3, -0.25) is 4.79 Å². The lowest BCUT2D eigenvalue weighted by Crippen LogP contribution is -2.24. The fourth-order valence-corrected chi connectivity index (χ4v) is 3.77. The molecule has 0 radical (unpaired) electrons. The van der Waals surface area contributed by atoms with E-state index in [1.807, 2.05) is 45.0 Å². The number of aryl methyl sites for hydroxylation is 2. The molecule has 0 saturated heterocycles. The molecule has 184 valence electrons. The normalized spacial score (nSPS) is 11.3. The van der Waals surface area contributed by atoms with E-state index in [-0.39, 0.29) is 30.4 Å². The van der Waals surface area contributed by atoms with Crippen LogP contribution in [0.5, 0.6) is 0 Å². The minimum absolute atomic E-state index is 0.162. The minimum atomic E-state index is -0.542. The van der Waals surface area contributed by atoms with Crippen molar-refractivity contribution in [2.75, 3.05) is 6.61 Å². The summed E-state index contributed by atoms with van der Waals surface area (Å²) in [6.45, 7) is 10.9. The third-order valence-electron chi connectivity index (χ3n) is 5.25. The molecule has 3 aromatic rings. The number of halogens is 1. The summed E-state index contributed by atoms with van der Waals surface area (Å²) in [5.41, 5.74) is 3.31. The van der Waals surface area contributed by atoms with E-state index in [9.17, 15) is 14.0 Å². The highest BCUT2D eigenvalue weighted by Crippen LogP contribution is 2.27. The Morgan fingerprint density at radius 3 is 2.23 bits per heavy atom. The second-order valence-electron chi connectivity index (χ2n) is 9.36. The molecule has 0 N–H and O–H groups in total. The molecule has 0 saturated carbocycles. The number of carbonyl (C=O) groups is 2. The Balaban J connectivity index is 1.95. The summed E-state index contributed by atoms with van der Waals surface area (Å²) in [6, 6.07) is 12.2. The first-order chi connectivity index (χ1) is 16.5. The van der Waals surface area contributed by atoms with Crippen molar-refractivity contribution in [2.45, 2.75) is 60.0 Å². The third kappa shape index (κ3) is 6.72. The van der Waals surface area contributed by atoms with Gasteiger partial charge in [-0.05, 0) is 64.3 Å². The number of ether oxygens (including phenoxy) is 2. The second kappa shape index (κ2) is 10.8.